The Balaban J connectivity index is 3.23. The van der Waals surface area contributed by atoms with Crippen LogP contribution in [-0.4, -0.2) is 19.0 Å². The maximum atomic E-state index is 11.5. The molecule has 4 nitrogen and oxygen atoms in total. The first-order valence-corrected chi connectivity index (χ1v) is 8.98. The third-order valence-electron chi connectivity index (χ3n) is 3.93. The molecule has 0 radical (unpaired) electrons. The van der Waals surface area contributed by atoms with Gasteiger partial charge in [0, 0.05) is 6.42 Å². The first-order valence-electron chi connectivity index (χ1n) is 8.98. The van der Waals surface area contributed by atoms with E-state index in [-0.39, 0.29) is 11.0 Å². The Morgan fingerprint density at radius 1 is 0.857 bits per heavy atom. The van der Waals surface area contributed by atoms with Crippen LogP contribution >= 0.6 is 0 Å². The summed E-state index contributed by atoms with van der Waals surface area (Å²) in [6.07, 6.45) is 14.9. The standard InChI is InChI=1S/C17H36N2O2/c1-2-3-4-5-6-7-8-9-10-11-12-14-17(20)19(21)16-13-15-18/h19H,2-16,18H2,1H3. The Morgan fingerprint density at radius 2 is 1.33 bits per heavy atom. The van der Waals surface area contributed by atoms with Gasteiger partial charge in [-0.05, 0) is 13.0 Å². The van der Waals surface area contributed by atoms with Crippen LogP contribution in [0.4, 0.5) is 0 Å². The summed E-state index contributed by atoms with van der Waals surface area (Å²) in [7, 11) is 0. The van der Waals surface area contributed by atoms with Crippen molar-refractivity contribution in [3.05, 3.63) is 5.21 Å². The fourth-order valence-corrected chi connectivity index (χ4v) is 2.49. The van der Waals surface area contributed by atoms with Gasteiger partial charge in [0.2, 0.25) is 0 Å². The predicted octanol–water partition coefficient (Wildman–Crippen LogP) is 2.95. The molecular weight excluding hydrogens is 264 g/mol. The minimum atomic E-state index is -0.229. The summed E-state index contributed by atoms with van der Waals surface area (Å²) < 4.78 is 0. The summed E-state index contributed by atoms with van der Waals surface area (Å²) in [4.78, 5) is 11.5. The molecule has 0 aromatic heterocycles. The van der Waals surface area contributed by atoms with Crippen molar-refractivity contribution in [2.75, 3.05) is 13.1 Å². The van der Waals surface area contributed by atoms with Crippen LogP contribution in [0.25, 0.3) is 0 Å². The molecule has 0 saturated carbocycles. The summed E-state index contributed by atoms with van der Waals surface area (Å²) in [5.74, 6) is -0.195. The zero-order valence-corrected chi connectivity index (χ0v) is 14.0. The van der Waals surface area contributed by atoms with Gasteiger partial charge >= 0.3 is 5.91 Å². The number of nitrogens with two attached hydrogens (primary N) is 1. The maximum absolute atomic E-state index is 11.5. The molecule has 0 saturated heterocycles. The molecule has 0 aliphatic heterocycles. The SMILES string of the molecule is CCCCCCCCCCCCCC(=O)[NH+]([O-])CCCN. The van der Waals surface area contributed by atoms with Crippen LogP contribution in [0, 0.1) is 5.21 Å². The molecule has 1 atom stereocenters. The zero-order valence-electron chi connectivity index (χ0n) is 14.0. The lowest BCUT2D eigenvalue weighted by Gasteiger charge is -2.18. The number of hydrogen-bond donors (Lipinski definition) is 2. The molecule has 0 bridgehead atoms. The van der Waals surface area contributed by atoms with Gasteiger partial charge in [0.1, 0.15) is 0 Å². The number of hydroxylamine groups is 2. The van der Waals surface area contributed by atoms with E-state index in [4.69, 9.17) is 5.73 Å². The van der Waals surface area contributed by atoms with Gasteiger partial charge in [-0.1, -0.05) is 71.1 Å². The third kappa shape index (κ3) is 14.3. The Labute approximate surface area is 131 Å². The minimum absolute atomic E-state index is 0.195. The Kier molecular flexibility index (Phi) is 15.6. The second-order valence-electron chi connectivity index (χ2n) is 6.02. The van der Waals surface area contributed by atoms with E-state index in [1.54, 1.807) is 0 Å². The van der Waals surface area contributed by atoms with Gasteiger partial charge < -0.3 is 16.0 Å². The number of carbonyl (C=O) groups is 1. The van der Waals surface area contributed by atoms with Crippen LogP contribution in [-0.2, 0) is 4.79 Å². The summed E-state index contributed by atoms with van der Waals surface area (Å²) in [6, 6.07) is 0. The number of quaternary nitrogens is 1. The summed E-state index contributed by atoms with van der Waals surface area (Å²) in [5, 5.41) is 11.2. The molecule has 0 aliphatic carbocycles. The molecule has 0 aromatic carbocycles. The van der Waals surface area contributed by atoms with Crippen molar-refractivity contribution < 1.29 is 9.86 Å². The van der Waals surface area contributed by atoms with Crippen molar-refractivity contribution in [1.29, 1.82) is 0 Å². The highest BCUT2D eigenvalue weighted by Crippen LogP contribution is 2.11. The van der Waals surface area contributed by atoms with E-state index >= 15 is 0 Å². The van der Waals surface area contributed by atoms with E-state index in [1.165, 1.54) is 57.8 Å². The normalized spacial score (nSPS) is 12.5. The lowest BCUT2D eigenvalue weighted by molar-refractivity contribution is -0.765. The molecular formula is C17H36N2O2. The summed E-state index contributed by atoms with van der Waals surface area (Å²) in [5.41, 5.74) is 5.33. The molecule has 21 heavy (non-hydrogen) atoms. The highest BCUT2D eigenvalue weighted by Gasteiger charge is 2.09. The topological polar surface area (TPSA) is 70.6 Å². The average Bonchev–Trinajstić information content (AvgIpc) is 2.49. The zero-order chi connectivity index (χ0) is 15.8. The molecule has 0 aliphatic rings. The van der Waals surface area contributed by atoms with Crippen LogP contribution in [0.5, 0.6) is 0 Å². The van der Waals surface area contributed by atoms with Crippen molar-refractivity contribution in [2.45, 2.75) is 90.4 Å². The van der Waals surface area contributed by atoms with E-state index < -0.39 is 0 Å². The van der Waals surface area contributed by atoms with Gasteiger partial charge in [-0.2, -0.15) is 0 Å². The molecule has 4 heteroatoms. The van der Waals surface area contributed by atoms with E-state index in [0.29, 0.717) is 25.9 Å². The maximum Gasteiger partial charge on any atom is 0.312 e. The molecule has 1 amide bonds. The lowest BCUT2D eigenvalue weighted by atomic mass is 10.1. The van der Waals surface area contributed by atoms with Crippen molar-refractivity contribution in [3.63, 3.8) is 0 Å². The van der Waals surface area contributed by atoms with E-state index in [0.717, 1.165) is 12.8 Å². The van der Waals surface area contributed by atoms with Gasteiger partial charge in [-0.25, -0.2) is 4.79 Å². The summed E-state index contributed by atoms with van der Waals surface area (Å²) >= 11 is 0. The fourth-order valence-electron chi connectivity index (χ4n) is 2.49. The van der Waals surface area contributed by atoms with Crippen LogP contribution in [0.3, 0.4) is 0 Å². The molecule has 1 unspecified atom stereocenters. The molecule has 0 spiro atoms. The average molecular weight is 300 g/mol. The predicted molar refractivity (Wildman–Crippen MR) is 89.0 cm³/mol. The van der Waals surface area contributed by atoms with E-state index in [1.807, 2.05) is 0 Å². The number of rotatable bonds is 15. The van der Waals surface area contributed by atoms with Crippen LogP contribution < -0.4 is 10.8 Å². The molecule has 0 rings (SSSR count). The quantitative estimate of drug-likeness (QED) is 0.361. The Morgan fingerprint density at radius 3 is 1.81 bits per heavy atom. The molecule has 0 fully saturated rings. The van der Waals surface area contributed by atoms with Crippen molar-refractivity contribution in [1.82, 2.24) is 0 Å². The van der Waals surface area contributed by atoms with Gasteiger partial charge in [0.15, 0.2) is 0 Å². The Bertz CT molecular complexity index is 235. The smallest absolute Gasteiger partial charge is 0.312 e. The lowest BCUT2D eigenvalue weighted by Crippen LogP contribution is -3.10. The molecule has 126 valence electrons. The van der Waals surface area contributed by atoms with Gasteiger partial charge in [-0.15, -0.1) is 0 Å². The second-order valence-corrected chi connectivity index (χ2v) is 6.02. The van der Waals surface area contributed by atoms with Crippen molar-refractivity contribution in [2.24, 2.45) is 5.73 Å². The molecule has 3 N–H and O–H groups in total. The van der Waals surface area contributed by atoms with Gasteiger partial charge in [0.25, 0.3) is 0 Å². The highest BCUT2D eigenvalue weighted by molar-refractivity contribution is 5.66. The number of hydrogen-bond acceptors (Lipinski definition) is 3. The van der Waals surface area contributed by atoms with Gasteiger partial charge in [0.05, 0.1) is 13.0 Å². The number of nitrogens with one attached hydrogen (secondary N) is 1. The monoisotopic (exact) mass is 300 g/mol. The Hall–Kier alpha value is -0.450. The van der Waals surface area contributed by atoms with E-state index in [2.05, 4.69) is 6.92 Å². The summed E-state index contributed by atoms with van der Waals surface area (Å²) in [6.45, 7) is 3.06. The van der Waals surface area contributed by atoms with Crippen LogP contribution in [0.1, 0.15) is 90.4 Å². The second kappa shape index (κ2) is 15.9. The molecule has 0 aromatic rings. The van der Waals surface area contributed by atoms with Crippen LogP contribution in [0.15, 0.2) is 0 Å². The number of unbranched alkanes of at least 4 members (excludes halogenated alkanes) is 10. The van der Waals surface area contributed by atoms with Gasteiger partial charge in [-0.3, -0.25) is 0 Å². The van der Waals surface area contributed by atoms with E-state index in [9.17, 15) is 10.0 Å². The number of amides is 1. The third-order valence-corrected chi connectivity index (χ3v) is 3.93. The van der Waals surface area contributed by atoms with Crippen LogP contribution in [0.2, 0.25) is 0 Å². The highest BCUT2D eigenvalue weighted by atomic mass is 16.5. The number of carbonyl (C=O) groups excluding carboxylic acids is 1. The largest absolute Gasteiger partial charge is 0.627 e. The fraction of sp³-hybridized carbons (Fsp3) is 0.941. The first-order chi connectivity index (χ1) is 10.2. The van der Waals surface area contributed by atoms with Crippen molar-refractivity contribution in [3.8, 4) is 0 Å². The van der Waals surface area contributed by atoms with Crippen molar-refractivity contribution >= 4 is 5.91 Å². The first kappa shape index (κ1) is 20.6. The molecule has 0 heterocycles. The minimum Gasteiger partial charge on any atom is -0.627 e.